The first-order chi connectivity index (χ1) is 13.3. The van der Waals surface area contributed by atoms with E-state index in [9.17, 15) is 13.2 Å². The average Bonchev–Trinajstić information content (AvgIpc) is 3.07. The number of sulfonamides is 1. The highest BCUT2D eigenvalue weighted by Crippen LogP contribution is 2.35. The Balaban J connectivity index is 1.96. The Hall–Kier alpha value is -2.74. The third-order valence-electron chi connectivity index (χ3n) is 4.74. The monoisotopic (exact) mass is 404 g/mol. The maximum Gasteiger partial charge on any atom is 0.261 e. The molecule has 2 aromatic carbocycles. The maximum atomic E-state index is 12.9. The van der Waals surface area contributed by atoms with Gasteiger partial charge in [-0.05, 0) is 61.7 Å². The van der Waals surface area contributed by atoms with Crippen molar-refractivity contribution in [3.05, 3.63) is 41.5 Å². The minimum atomic E-state index is -3.81. The number of amides is 1. The molecule has 2 aromatic rings. The normalized spacial score (nSPS) is 14.3. The van der Waals surface area contributed by atoms with Crippen LogP contribution in [0, 0.1) is 13.8 Å². The second-order valence-corrected chi connectivity index (χ2v) is 8.41. The van der Waals surface area contributed by atoms with Gasteiger partial charge in [0.05, 0.1) is 30.5 Å². The van der Waals surface area contributed by atoms with Crippen LogP contribution < -0.4 is 19.1 Å². The highest BCUT2D eigenvalue weighted by atomic mass is 32.2. The topological polar surface area (TPSA) is 84.9 Å². The highest BCUT2D eigenvalue weighted by Gasteiger charge is 2.25. The van der Waals surface area contributed by atoms with Crippen molar-refractivity contribution in [2.45, 2.75) is 31.6 Å². The van der Waals surface area contributed by atoms with E-state index in [2.05, 4.69) is 4.72 Å². The lowest BCUT2D eigenvalue weighted by Gasteiger charge is -2.20. The summed E-state index contributed by atoms with van der Waals surface area (Å²) in [5.41, 5.74) is 2.40. The Bertz CT molecular complexity index is 994. The maximum absolute atomic E-state index is 12.9. The van der Waals surface area contributed by atoms with Crippen LogP contribution in [0.1, 0.15) is 24.0 Å². The van der Waals surface area contributed by atoms with Gasteiger partial charge < -0.3 is 14.4 Å². The van der Waals surface area contributed by atoms with Crippen molar-refractivity contribution in [3.8, 4) is 11.5 Å². The van der Waals surface area contributed by atoms with Gasteiger partial charge in [-0.15, -0.1) is 0 Å². The fourth-order valence-corrected chi connectivity index (χ4v) is 4.69. The molecule has 0 saturated carbocycles. The summed E-state index contributed by atoms with van der Waals surface area (Å²) in [6.07, 6.45) is 1.24. The van der Waals surface area contributed by atoms with E-state index in [1.54, 1.807) is 56.2 Å². The third kappa shape index (κ3) is 3.77. The van der Waals surface area contributed by atoms with Gasteiger partial charge in [0.25, 0.3) is 10.0 Å². The Morgan fingerprint density at radius 2 is 1.71 bits per heavy atom. The van der Waals surface area contributed by atoms with Crippen molar-refractivity contribution in [2.24, 2.45) is 0 Å². The molecule has 150 valence electrons. The minimum Gasteiger partial charge on any atom is -0.496 e. The molecule has 0 spiro atoms. The number of hydrogen-bond donors (Lipinski definition) is 1. The lowest BCUT2D eigenvalue weighted by molar-refractivity contribution is -0.117. The van der Waals surface area contributed by atoms with Crippen molar-refractivity contribution in [1.29, 1.82) is 0 Å². The zero-order valence-corrected chi connectivity index (χ0v) is 17.2. The van der Waals surface area contributed by atoms with Crippen LogP contribution in [0.15, 0.2) is 35.2 Å². The first-order valence-electron chi connectivity index (χ1n) is 8.93. The fraction of sp³-hybridized carbons (Fsp3) is 0.350. The summed E-state index contributed by atoms with van der Waals surface area (Å²) in [4.78, 5) is 13.9. The van der Waals surface area contributed by atoms with Crippen molar-refractivity contribution in [2.75, 3.05) is 30.4 Å². The lowest BCUT2D eigenvalue weighted by atomic mass is 10.1. The summed E-state index contributed by atoms with van der Waals surface area (Å²) in [7, 11) is -0.731. The first-order valence-corrected chi connectivity index (χ1v) is 10.4. The summed E-state index contributed by atoms with van der Waals surface area (Å²) in [6, 6.07) is 8.04. The van der Waals surface area contributed by atoms with E-state index < -0.39 is 10.0 Å². The number of anilines is 2. The number of nitrogens with one attached hydrogen (secondary N) is 1. The molecule has 7 nitrogen and oxygen atoms in total. The Morgan fingerprint density at radius 1 is 1.04 bits per heavy atom. The van der Waals surface area contributed by atoms with Crippen LogP contribution in [0.3, 0.4) is 0 Å². The van der Waals surface area contributed by atoms with Crippen LogP contribution in [0.4, 0.5) is 11.4 Å². The SMILES string of the molecule is COc1ccc(NS(=O)(=O)c2cc(C)c(OC)c(C)c2)cc1N1CCCC1=O. The van der Waals surface area contributed by atoms with E-state index in [1.165, 1.54) is 7.11 Å². The molecular weight excluding hydrogens is 380 g/mol. The number of aryl methyl sites for hydroxylation is 2. The third-order valence-corrected chi connectivity index (χ3v) is 6.10. The molecule has 0 bridgehead atoms. The Labute approximate surface area is 165 Å². The van der Waals surface area contributed by atoms with Gasteiger partial charge in [-0.2, -0.15) is 0 Å². The number of methoxy groups -OCH3 is 2. The van der Waals surface area contributed by atoms with E-state index in [-0.39, 0.29) is 10.8 Å². The molecule has 1 fully saturated rings. The quantitative estimate of drug-likeness (QED) is 0.799. The molecule has 1 saturated heterocycles. The van der Waals surface area contributed by atoms with Crippen LogP contribution in [0.5, 0.6) is 11.5 Å². The molecular formula is C20H24N2O5S. The summed E-state index contributed by atoms with van der Waals surface area (Å²) < 4.78 is 39.0. The first kappa shape index (κ1) is 20.0. The lowest BCUT2D eigenvalue weighted by Crippen LogP contribution is -2.24. The largest absolute Gasteiger partial charge is 0.496 e. The second-order valence-electron chi connectivity index (χ2n) is 6.73. The molecule has 3 rings (SSSR count). The van der Waals surface area contributed by atoms with Crippen LogP contribution >= 0.6 is 0 Å². The Kier molecular flexibility index (Phi) is 5.51. The number of rotatable bonds is 6. The molecule has 0 unspecified atom stereocenters. The number of benzene rings is 2. The predicted octanol–water partition coefficient (Wildman–Crippen LogP) is 3.25. The van der Waals surface area contributed by atoms with Crippen molar-refractivity contribution >= 4 is 27.3 Å². The van der Waals surface area contributed by atoms with Gasteiger partial charge in [-0.25, -0.2) is 8.42 Å². The van der Waals surface area contributed by atoms with Gasteiger partial charge in [0, 0.05) is 13.0 Å². The van der Waals surface area contributed by atoms with E-state index in [4.69, 9.17) is 9.47 Å². The molecule has 1 amide bonds. The average molecular weight is 404 g/mol. The van der Waals surface area contributed by atoms with E-state index in [0.717, 1.165) is 17.5 Å². The molecule has 1 heterocycles. The summed E-state index contributed by atoms with van der Waals surface area (Å²) in [5.74, 6) is 1.19. The van der Waals surface area contributed by atoms with Crippen LogP contribution in [-0.4, -0.2) is 35.1 Å². The minimum absolute atomic E-state index is 0.000267. The number of carbonyl (C=O) groups excluding carboxylic acids is 1. The standard InChI is InChI=1S/C20H24N2O5S/c1-13-10-16(11-14(2)20(13)27-4)28(24,25)21-15-7-8-18(26-3)17(12-15)22-9-5-6-19(22)23/h7-8,10-12,21H,5-6,9H2,1-4H3. The predicted molar refractivity (Wildman–Crippen MR) is 108 cm³/mol. The van der Waals surface area contributed by atoms with E-state index in [0.29, 0.717) is 35.8 Å². The number of nitrogens with zero attached hydrogens (tertiary/aromatic N) is 1. The van der Waals surface area contributed by atoms with Crippen LogP contribution in [0.25, 0.3) is 0 Å². The molecule has 0 atom stereocenters. The zero-order valence-electron chi connectivity index (χ0n) is 16.4. The second kappa shape index (κ2) is 7.71. The highest BCUT2D eigenvalue weighted by molar-refractivity contribution is 7.92. The van der Waals surface area contributed by atoms with Gasteiger partial charge in [-0.1, -0.05) is 0 Å². The van der Waals surface area contributed by atoms with Crippen LogP contribution in [-0.2, 0) is 14.8 Å². The number of ether oxygens (including phenoxy) is 2. The number of carbonyl (C=O) groups is 1. The number of hydrogen-bond acceptors (Lipinski definition) is 5. The molecule has 0 radical (unpaired) electrons. The van der Waals surface area contributed by atoms with Crippen molar-refractivity contribution in [1.82, 2.24) is 0 Å². The molecule has 1 aliphatic rings. The molecule has 1 N–H and O–H groups in total. The van der Waals surface area contributed by atoms with Gasteiger partial charge in [0.15, 0.2) is 0 Å². The van der Waals surface area contributed by atoms with Gasteiger partial charge in [0.2, 0.25) is 5.91 Å². The van der Waals surface area contributed by atoms with E-state index >= 15 is 0 Å². The molecule has 8 heteroatoms. The van der Waals surface area contributed by atoms with Crippen molar-refractivity contribution < 1.29 is 22.7 Å². The van der Waals surface area contributed by atoms with E-state index in [1.807, 2.05) is 0 Å². The van der Waals surface area contributed by atoms with Gasteiger partial charge in [0.1, 0.15) is 11.5 Å². The molecule has 28 heavy (non-hydrogen) atoms. The van der Waals surface area contributed by atoms with Gasteiger partial charge >= 0.3 is 0 Å². The molecule has 0 aliphatic carbocycles. The molecule has 0 aromatic heterocycles. The van der Waals surface area contributed by atoms with Crippen LogP contribution in [0.2, 0.25) is 0 Å². The summed E-state index contributed by atoms with van der Waals surface area (Å²) in [5, 5.41) is 0. The Morgan fingerprint density at radius 3 is 2.25 bits per heavy atom. The smallest absolute Gasteiger partial charge is 0.261 e. The summed E-state index contributed by atoms with van der Waals surface area (Å²) in [6.45, 7) is 4.19. The molecule has 1 aliphatic heterocycles. The van der Waals surface area contributed by atoms with Crippen molar-refractivity contribution in [3.63, 3.8) is 0 Å². The fourth-order valence-electron chi connectivity index (χ4n) is 3.47. The van der Waals surface area contributed by atoms with Gasteiger partial charge in [-0.3, -0.25) is 9.52 Å². The zero-order chi connectivity index (χ0) is 20.5. The summed E-state index contributed by atoms with van der Waals surface area (Å²) >= 11 is 0.